The van der Waals surface area contributed by atoms with E-state index in [-0.39, 0.29) is 24.2 Å². The number of piperidine rings is 1. The molecule has 3 rings (SSSR count). The van der Waals surface area contributed by atoms with E-state index in [1.807, 2.05) is 17.9 Å². The zero-order chi connectivity index (χ0) is 18.0. The molecule has 0 saturated carbocycles. The van der Waals surface area contributed by atoms with Gasteiger partial charge in [0.25, 0.3) is 11.6 Å². The number of carbonyl (C=O) groups excluding carboxylic acids is 1. The molecule has 2 aromatic heterocycles. The van der Waals surface area contributed by atoms with E-state index in [2.05, 4.69) is 36.2 Å². The van der Waals surface area contributed by atoms with Gasteiger partial charge in [-0.2, -0.15) is 0 Å². The third-order valence-electron chi connectivity index (χ3n) is 4.85. The van der Waals surface area contributed by atoms with Crippen molar-refractivity contribution in [3.63, 3.8) is 0 Å². The highest BCUT2D eigenvalue weighted by Gasteiger charge is 2.29. The van der Waals surface area contributed by atoms with Gasteiger partial charge in [-0.1, -0.05) is 25.9 Å². The van der Waals surface area contributed by atoms with Gasteiger partial charge in [-0.3, -0.25) is 4.79 Å². The van der Waals surface area contributed by atoms with Gasteiger partial charge in [-0.15, -0.1) is 12.4 Å². The Balaban J connectivity index is 0.00000243. The Labute approximate surface area is 161 Å². The maximum atomic E-state index is 13.5. The number of pyridine rings is 1. The van der Waals surface area contributed by atoms with Crippen molar-refractivity contribution in [3.8, 4) is 0 Å². The van der Waals surface area contributed by atoms with Crippen LogP contribution < -0.4 is 5.32 Å². The van der Waals surface area contributed by atoms with Crippen LogP contribution in [0.5, 0.6) is 0 Å². The molecule has 1 aliphatic heterocycles. The second kappa shape index (κ2) is 8.82. The summed E-state index contributed by atoms with van der Waals surface area (Å²) in [5.41, 5.74) is 2.74. The van der Waals surface area contributed by atoms with Crippen molar-refractivity contribution < 1.29 is 9.32 Å². The van der Waals surface area contributed by atoms with Gasteiger partial charge >= 0.3 is 0 Å². The molecule has 7 heteroatoms. The van der Waals surface area contributed by atoms with E-state index < -0.39 is 0 Å². The molecule has 0 aromatic carbocycles. The molecule has 1 fully saturated rings. The Morgan fingerprint density at radius 2 is 2.08 bits per heavy atom. The van der Waals surface area contributed by atoms with E-state index in [0.29, 0.717) is 17.3 Å². The van der Waals surface area contributed by atoms with Crippen molar-refractivity contribution in [2.45, 2.75) is 58.9 Å². The minimum Gasteiger partial charge on any atom is -0.336 e. The summed E-state index contributed by atoms with van der Waals surface area (Å²) < 4.78 is 5.43. The predicted octanol–water partition coefficient (Wildman–Crippen LogP) is 3.68. The Morgan fingerprint density at radius 3 is 2.69 bits per heavy atom. The molecular formula is C19H29ClN4O2. The first-order valence-electron chi connectivity index (χ1n) is 9.31. The summed E-state index contributed by atoms with van der Waals surface area (Å²) in [5, 5.41) is 8.33. The minimum atomic E-state index is 0. The summed E-state index contributed by atoms with van der Waals surface area (Å²) in [4.78, 5) is 20.0. The summed E-state index contributed by atoms with van der Waals surface area (Å²) >= 11 is 0. The van der Waals surface area contributed by atoms with Crippen LogP contribution in [0.4, 0.5) is 0 Å². The molecule has 1 N–H and O–H groups in total. The Morgan fingerprint density at radius 1 is 1.38 bits per heavy atom. The third kappa shape index (κ3) is 4.01. The largest absolute Gasteiger partial charge is 0.336 e. The van der Waals surface area contributed by atoms with Crippen LogP contribution in [0.25, 0.3) is 11.1 Å². The molecule has 1 saturated heterocycles. The number of nitrogens with one attached hydrogen (secondary N) is 1. The lowest BCUT2D eigenvalue weighted by Gasteiger charge is -2.34. The maximum absolute atomic E-state index is 13.5. The first kappa shape index (κ1) is 20.6. The van der Waals surface area contributed by atoms with Gasteiger partial charge in [-0.25, -0.2) is 4.98 Å². The van der Waals surface area contributed by atoms with Gasteiger partial charge in [0, 0.05) is 18.3 Å². The summed E-state index contributed by atoms with van der Waals surface area (Å²) in [6, 6.07) is 2.18. The average molecular weight is 381 g/mol. The highest BCUT2D eigenvalue weighted by Crippen LogP contribution is 2.29. The number of rotatable bonds is 5. The topological polar surface area (TPSA) is 71.3 Å². The summed E-state index contributed by atoms with van der Waals surface area (Å²) in [6.07, 6.45) is 2.95. The zero-order valence-electron chi connectivity index (χ0n) is 16.0. The Kier molecular flexibility index (Phi) is 7.01. The van der Waals surface area contributed by atoms with E-state index in [1.54, 1.807) is 0 Å². The van der Waals surface area contributed by atoms with Crippen LogP contribution >= 0.6 is 12.4 Å². The van der Waals surface area contributed by atoms with Crippen LogP contribution in [0.1, 0.15) is 67.7 Å². The zero-order valence-corrected chi connectivity index (χ0v) is 16.9. The standard InChI is InChI=1S/C19H28N4O2.ClH/c1-5-10-23(14-6-8-20-9-7-14)19(24)15-11-13(4)21-18-16(15)17(12(2)3)22-25-18;/h11-12,14,20H,5-10H2,1-4H3;1H. The van der Waals surface area contributed by atoms with Crippen LogP contribution in [0.3, 0.4) is 0 Å². The van der Waals surface area contributed by atoms with Crippen LogP contribution in [-0.4, -0.2) is 46.6 Å². The van der Waals surface area contributed by atoms with E-state index in [9.17, 15) is 4.79 Å². The van der Waals surface area contributed by atoms with E-state index in [4.69, 9.17) is 4.52 Å². The Hall–Kier alpha value is -1.66. The lowest BCUT2D eigenvalue weighted by molar-refractivity contribution is 0.0644. The fourth-order valence-corrected chi connectivity index (χ4v) is 3.62. The monoisotopic (exact) mass is 380 g/mol. The van der Waals surface area contributed by atoms with Crippen LogP contribution in [0, 0.1) is 6.92 Å². The second-order valence-corrected chi connectivity index (χ2v) is 7.19. The molecule has 3 heterocycles. The number of hydrogen-bond donors (Lipinski definition) is 1. The number of nitrogens with zero attached hydrogens (tertiary/aromatic N) is 3. The van der Waals surface area contributed by atoms with Gasteiger partial charge in [0.2, 0.25) is 0 Å². The quantitative estimate of drug-likeness (QED) is 0.856. The number of amides is 1. The van der Waals surface area contributed by atoms with Crippen LogP contribution in [0.2, 0.25) is 0 Å². The van der Waals surface area contributed by atoms with Gasteiger partial charge in [0.15, 0.2) is 0 Å². The molecule has 0 bridgehead atoms. The predicted molar refractivity (Wildman–Crippen MR) is 105 cm³/mol. The molecule has 1 amide bonds. The first-order chi connectivity index (χ1) is 12.0. The van der Waals surface area contributed by atoms with Crippen molar-refractivity contribution in [1.82, 2.24) is 20.4 Å². The summed E-state index contributed by atoms with van der Waals surface area (Å²) in [6.45, 7) is 10.8. The molecule has 0 unspecified atom stereocenters. The molecule has 26 heavy (non-hydrogen) atoms. The highest BCUT2D eigenvalue weighted by atomic mass is 35.5. The van der Waals surface area contributed by atoms with Crippen LogP contribution in [-0.2, 0) is 0 Å². The van der Waals surface area contributed by atoms with Crippen molar-refractivity contribution in [3.05, 3.63) is 23.0 Å². The van der Waals surface area contributed by atoms with Gasteiger partial charge in [0.1, 0.15) is 0 Å². The molecule has 0 radical (unpaired) electrons. The molecule has 0 atom stereocenters. The average Bonchev–Trinajstić information content (AvgIpc) is 3.03. The third-order valence-corrected chi connectivity index (χ3v) is 4.85. The summed E-state index contributed by atoms with van der Waals surface area (Å²) in [5.74, 6) is 0.255. The fourth-order valence-electron chi connectivity index (χ4n) is 3.62. The van der Waals surface area contributed by atoms with Crippen molar-refractivity contribution >= 4 is 29.4 Å². The number of aromatic nitrogens is 2. The highest BCUT2D eigenvalue weighted by molar-refractivity contribution is 6.06. The number of fused-ring (bicyclic) bond motifs is 1. The van der Waals surface area contributed by atoms with Gasteiger partial charge in [-0.05, 0) is 51.3 Å². The number of hydrogen-bond acceptors (Lipinski definition) is 5. The molecular weight excluding hydrogens is 352 g/mol. The van der Waals surface area contributed by atoms with Crippen LogP contribution in [0.15, 0.2) is 10.6 Å². The molecule has 1 aliphatic rings. The molecule has 6 nitrogen and oxygen atoms in total. The van der Waals surface area contributed by atoms with Gasteiger partial charge < -0.3 is 14.7 Å². The lowest BCUT2D eigenvalue weighted by atomic mass is 9.99. The van der Waals surface area contributed by atoms with E-state index in [1.165, 1.54) is 0 Å². The lowest BCUT2D eigenvalue weighted by Crippen LogP contribution is -2.46. The number of halogens is 1. The second-order valence-electron chi connectivity index (χ2n) is 7.19. The van der Waals surface area contributed by atoms with Crippen molar-refractivity contribution in [2.75, 3.05) is 19.6 Å². The first-order valence-corrected chi connectivity index (χ1v) is 9.31. The number of carbonyl (C=O) groups is 1. The van der Waals surface area contributed by atoms with E-state index >= 15 is 0 Å². The number of aryl methyl sites for hydroxylation is 1. The maximum Gasteiger partial charge on any atom is 0.259 e. The smallest absolute Gasteiger partial charge is 0.259 e. The van der Waals surface area contributed by atoms with Crippen molar-refractivity contribution in [2.24, 2.45) is 0 Å². The fraction of sp³-hybridized carbons (Fsp3) is 0.632. The summed E-state index contributed by atoms with van der Waals surface area (Å²) in [7, 11) is 0. The Bertz CT molecular complexity index is 753. The van der Waals surface area contributed by atoms with E-state index in [0.717, 1.165) is 55.7 Å². The molecule has 0 spiro atoms. The molecule has 0 aliphatic carbocycles. The van der Waals surface area contributed by atoms with Gasteiger partial charge in [0.05, 0.1) is 16.6 Å². The van der Waals surface area contributed by atoms with Crippen molar-refractivity contribution in [1.29, 1.82) is 0 Å². The SMILES string of the molecule is CCCN(C(=O)c1cc(C)nc2onc(C(C)C)c12)C1CCNCC1.Cl. The normalized spacial score (nSPS) is 15.3. The minimum absolute atomic E-state index is 0. The molecule has 144 valence electrons. The molecule has 2 aromatic rings.